The average Bonchev–Trinajstić information content (AvgIpc) is 3.16. The van der Waals surface area contributed by atoms with Crippen LogP contribution in [0, 0.1) is 6.92 Å². The van der Waals surface area contributed by atoms with E-state index in [4.69, 9.17) is 0 Å². The molecule has 1 aliphatic heterocycles. The molecule has 0 saturated carbocycles. The fourth-order valence-electron chi connectivity index (χ4n) is 3.47. The molecule has 2 heterocycles. The lowest BCUT2D eigenvalue weighted by Crippen LogP contribution is -2.40. The quantitative estimate of drug-likeness (QED) is 0.801. The second-order valence-electron chi connectivity index (χ2n) is 6.91. The molecule has 3 rings (SSSR count). The molecule has 0 radical (unpaired) electrons. The SMILES string of the molecule is Cc1ccc(C(CNC(=O)CCc2cccs2)N2CCCCC2)cc1. The van der Waals surface area contributed by atoms with Gasteiger partial charge in [-0.2, -0.15) is 0 Å². The Morgan fingerprint density at radius 3 is 2.60 bits per heavy atom. The summed E-state index contributed by atoms with van der Waals surface area (Å²) in [6.07, 6.45) is 5.25. The van der Waals surface area contributed by atoms with E-state index in [0.29, 0.717) is 13.0 Å². The maximum atomic E-state index is 12.3. The van der Waals surface area contributed by atoms with Gasteiger partial charge in [0.25, 0.3) is 0 Å². The fourth-order valence-corrected chi connectivity index (χ4v) is 4.18. The first-order chi connectivity index (χ1) is 12.2. The first-order valence-electron chi connectivity index (χ1n) is 9.32. The van der Waals surface area contributed by atoms with Crippen molar-refractivity contribution in [1.82, 2.24) is 10.2 Å². The molecule has 1 fully saturated rings. The molecule has 1 amide bonds. The van der Waals surface area contributed by atoms with Crippen LogP contribution in [0.4, 0.5) is 0 Å². The van der Waals surface area contributed by atoms with Gasteiger partial charge >= 0.3 is 0 Å². The highest BCUT2D eigenvalue weighted by atomic mass is 32.1. The molecule has 0 spiro atoms. The van der Waals surface area contributed by atoms with Gasteiger partial charge in [0.15, 0.2) is 0 Å². The van der Waals surface area contributed by atoms with Gasteiger partial charge in [0.1, 0.15) is 0 Å². The van der Waals surface area contributed by atoms with Crippen LogP contribution in [0.1, 0.15) is 47.7 Å². The normalized spacial score (nSPS) is 16.5. The van der Waals surface area contributed by atoms with Crippen molar-refractivity contribution in [3.8, 4) is 0 Å². The van der Waals surface area contributed by atoms with E-state index < -0.39 is 0 Å². The molecular weight excluding hydrogens is 328 g/mol. The predicted octanol–water partition coefficient (Wildman–Crippen LogP) is 4.33. The minimum absolute atomic E-state index is 0.155. The molecule has 0 bridgehead atoms. The summed E-state index contributed by atoms with van der Waals surface area (Å²) in [6, 6.07) is 13.2. The Kier molecular flexibility index (Phi) is 6.65. The second kappa shape index (κ2) is 9.16. The van der Waals surface area contributed by atoms with Crippen LogP contribution >= 0.6 is 11.3 Å². The van der Waals surface area contributed by atoms with Gasteiger partial charge in [-0.05, 0) is 56.3 Å². The Bertz CT molecular complexity index is 645. The van der Waals surface area contributed by atoms with Gasteiger partial charge < -0.3 is 5.32 Å². The number of nitrogens with one attached hydrogen (secondary N) is 1. The number of aryl methyl sites for hydroxylation is 2. The van der Waals surface area contributed by atoms with Crippen molar-refractivity contribution in [2.45, 2.75) is 45.1 Å². The second-order valence-corrected chi connectivity index (χ2v) is 7.94. The van der Waals surface area contributed by atoms with E-state index in [1.807, 2.05) is 6.07 Å². The van der Waals surface area contributed by atoms with Crippen molar-refractivity contribution in [2.24, 2.45) is 0 Å². The molecule has 3 nitrogen and oxygen atoms in total. The zero-order chi connectivity index (χ0) is 17.5. The third-order valence-electron chi connectivity index (χ3n) is 4.96. The van der Waals surface area contributed by atoms with Crippen LogP contribution in [0.2, 0.25) is 0 Å². The molecule has 1 saturated heterocycles. The molecule has 1 N–H and O–H groups in total. The fraction of sp³-hybridized carbons (Fsp3) is 0.476. The summed E-state index contributed by atoms with van der Waals surface area (Å²) >= 11 is 1.72. The summed E-state index contributed by atoms with van der Waals surface area (Å²) in [5.41, 5.74) is 2.59. The van der Waals surface area contributed by atoms with Crippen molar-refractivity contribution in [3.63, 3.8) is 0 Å². The number of likely N-dealkylation sites (tertiary alicyclic amines) is 1. The number of hydrogen-bond acceptors (Lipinski definition) is 3. The highest BCUT2D eigenvalue weighted by Gasteiger charge is 2.22. The molecule has 0 aliphatic carbocycles. The van der Waals surface area contributed by atoms with Crippen LogP contribution in [0.25, 0.3) is 0 Å². The van der Waals surface area contributed by atoms with Gasteiger partial charge in [0.2, 0.25) is 5.91 Å². The molecule has 1 unspecified atom stereocenters. The third-order valence-corrected chi connectivity index (χ3v) is 5.90. The van der Waals surface area contributed by atoms with Crippen LogP contribution in [0.15, 0.2) is 41.8 Å². The van der Waals surface area contributed by atoms with Gasteiger partial charge in [-0.15, -0.1) is 11.3 Å². The minimum Gasteiger partial charge on any atom is -0.354 e. The molecule has 1 atom stereocenters. The number of piperidine rings is 1. The lowest BCUT2D eigenvalue weighted by atomic mass is 10.0. The Morgan fingerprint density at radius 2 is 1.92 bits per heavy atom. The van der Waals surface area contributed by atoms with Gasteiger partial charge in [-0.25, -0.2) is 0 Å². The van der Waals surface area contributed by atoms with Crippen LogP contribution in [0.3, 0.4) is 0 Å². The molecule has 4 heteroatoms. The Hall–Kier alpha value is -1.65. The maximum Gasteiger partial charge on any atom is 0.220 e. The molecule has 1 aromatic carbocycles. The Labute approximate surface area is 155 Å². The molecule has 134 valence electrons. The first kappa shape index (κ1) is 18.2. The van der Waals surface area contributed by atoms with Crippen LogP contribution < -0.4 is 5.32 Å². The molecule has 2 aromatic rings. The number of benzene rings is 1. The summed E-state index contributed by atoms with van der Waals surface area (Å²) in [5, 5.41) is 5.25. The standard InChI is InChI=1S/C21H28N2OS/c1-17-7-9-18(10-8-17)20(23-13-3-2-4-14-23)16-22-21(24)12-11-19-6-5-15-25-19/h5-10,15,20H,2-4,11-14,16H2,1H3,(H,22,24). The van der Waals surface area contributed by atoms with Gasteiger partial charge in [0.05, 0.1) is 6.04 Å². The summed E-state index contributed by atoms with van der Waals surface area (Å²) in [5.74, 6) is 0.155. The van der Waals surface area contributed by atoms with Gasteiger partial charge in [-0.1, -0.05) is 42.3 Å². The number of thiophene rings is 1. The van der Waals surface area contributed by atoms with E-state index >= 15 is 0 Å². The van der Waals surface area contributed by atoms with Gasteiger partial charge in [-0.3, -0.25) is 9.69 Å². The predicted molar refractivity (Wildman–Crippen MR) is 105 cm³/mol. The minimum atomic E-state index is 0.155. The summed E-state index contributed by atoms with van der Waals surface area (Å²) in [6.45, 7) is 5.07. The molecular formula is C21H28N2OS. The number of amides is 1. The number of carbonyl (C=O) groups is 1. The van der Waals surface area contributed by atoms with E-state index in [1.54, 1.807) is 11.3 Å². The zero-order valence-corrected chi connectivity index (χ0v) is 15.9. The Balaban J connectivity index is 1.58. The van der Waals surface area contributed by atoms with E-state index in [2.05, 4.69) is 52.9 Å². The highest BCUT2D eigenvalue weighted by molar-refractivity contribution is 7.09. The first-order valence-corrected chi connectivity index (χ1v) is 10.2. The van der Waals surface area contributed by atoms with Crippen LogP contribution in [0.5, 0.6) is 0 Å². The lowest BCUT2D eigenvalue weighted by Gasteiger charge is -2.35. The maximum absolute atomic E-state index is 12.3. The lowest BCUT2D eigenvalue weighted by molar-refractivity contribution is -0.121. The highest BCUT2D eigenvalue weighted by Crippen LogP contribution is 2.24. The molecule has 1 aliphatic rings. The number of hydrogen-bond donors (Lipinski definition) is 1. The zero-order valence-electron chi connectivity index (χ0n) is 15.0. The van der Waals surface area contributed by atoms with Crippen LogP contribution in [-0.2, 0) is 11.2 Å². The molecule has 1 aromatic heterocycles. The topological polar surface area (TPSA) is 32.3 Å². The van der Waals surface area contributed by atoms with Crippen molar-refractivity contribution in [2.75, 3.05) is 19.6 Å². The van der Waals surface area contributed by atoms with E-state index in [0.717, 1.165) is 19.5 Å². The van der Waals surface area contributed by atoms with Crippen molar-refractivity contribution in [3.05, 3.63) is 57.8 Å². The largest absolute Gasteiger partial charge is 0.354 e. The van der Waals surface area contributed by atoms with E-state index in [9.17, 15) is 4.79 Å². The number of carbonyl (C=O) groups excluding carboxylic acids is 1. The molecule has 25 heavy (non-hydrogen) atoms. The summed E-state index contributed by atoms with van der Waals surface area (Å²) in [7, 11) is 0. The van der Waals surface area contributed by atoms with E-state index in [1.165, 1.54) is 35.3 Å². The smallest absolute Gasteiger partial charge is 0.220 e. The summed E-state index contributed by atoms with van der Waals surface area (Å²) in [4.78, 5) is 16.1. The third kappa shape index (κ3) is 5.41. The van der Waals surface area contributed by atoms with Crippen molar-refractivity contribution < 1.29 is 4.79 Å². The average molecular weight is 357 g/mol. The number of nitrogens with zero attached hydrogens (tertiary/aromatic N) is 1. The van der Waals surface area contributed by atoms with Crippen molar-refractivity contribution >= 4 is 17.2 Å². The monoisotopic (exact) mass is 356 g/mol. The van der Waals surface area contributed by atoms with E-state index in [-0.39, 0.29) is 11.9 Å². The van der Waals surface area contributed by atoms with Crippen molar-refractivity contribution in [1.29, 1.82) is 0 Å². The van der Waals surface area contributed by atoms with Crippen LogP contribution in [-0.4, -0.2) is 30.4 Å². The van der Waals surface area contributed by atoms with Gasteiger partial charge in [0, 0.05) is 17.8 Å². The number of rotatable bonds is 7. The Morgan fingerprint density at radius 1 is 1.16 bits per heavy atom. The summed E-state index contributed by atoms with van der Waals surface area (Å²) < 4.78 is 0.